The standard InChI is InChI=1S/C9H16N4O3/c1-3-10-8(9(15)16-2)7-6-13(4-5-14)12-11-7/h6,8,10,14H,3-5H2,1-2H3. The lowest BCUT2D eigenvalue weighted by Crippen LogP contribution is -2.29. The van der Waals surface area contributed by atoms with Crippen LogP contribution in [-0.2, 0) is 16.1 Å². The first kappa shape index (κ1) is 12.6. The van der Waals surface area contributed by atoms with Crippen molar-refractivity contribution in [2.24, 2.45) is 0 Å². The Hall–Kier alpha value is -1.47. The highest BCUT2D eigenvalue weighted by Crippen LogP contribution is 2.10. The third kappa shape index (κ3) is 3.01. The predicted molar refractivity (Wildman–Crippen MR) is 55.5 cm³/mol. The first-order valence-corrected chi connectivity index (χ1v) is 5.05. The Morgan fingerprint density at radius 1 is 1.75 bits per heavy atom. The van der Waals surface area contributed by atoms with Crippen molar-refractivity contribution in [2.45, 2.75) is 19.5 Å². The minimum Gasteiger partial charge on any atom is -0.468 e. The molecule has 1 aromatic heterocycles. The largest absolute Gasteiger partial charge is 0.468 e. The molecule has 1 aromatic rings. The molecule has 7 heteroatoms. The fourth-order valence-electron chi connectivity index (χ4n) is 1.29. The van der Waals surface area contributed by atoms with Gasteiger partial charge in [-0.15, -0.1) is 5.10 Å². The van der Waals surface area contributed by atoms with Gasteiger partial charge in [-0.05, 0) is 6.54 Å². The van der Waals surface area contributed by atoms with Crippen LogP contribution in [0.25, 0.3) is 0 Å². The lowest BCUT2D eigenvalue weighted by molar-refractivity contribution is -0.143. The number of methoxy groups -OCH3 is 1. The van der Waals surface area contributed by atoms with Crippen molar-refractivity contribution in [1.82, 2.24) is 20.3 Å². The number of nitrogens with one attached hydrogen (secondary N) is 1. The summed E-state index contributed by atoms with van der Waals surface area (Å²) in [6.45, 7) is 2.83. The summed E-state index contributed by atoms with van der Waals surface area (Å²) < 4.78 is 6.14. The second-order valence-electron chi connectivity index (χ2n) is 3.14. The average molecular weight is 228 g/mol. The second-order valence-corrected chi connectivity index (χ2v) is 3.14. The molecular formula is C9H16N4O3. The van der Waals surface area contributed by atoms with Crippen LogP contribution in [0.1, 0.15) is 18.7 Å². The van der Waals surface area contributed by atoms with E-state index in [9.17, 15) is 4.79 Å². The van der Waals surface area contributed by atoms with E-state index in [1.165, 1.54) is 11.8 Å². The van der Waals surface area contributed by atoms with E-state index in [0.717, 1.165) is 0 Å². The van der Waals surface area contributed by atoms with Crippen LogP contribution in [0, 0.1) is 0 Å². The van der Waals surface area contributed by atoms with Crippen molar-refractivity contribution in [1.29, 1.82) is 0 Å². The van der Waals surface area contributed by atoms with Crippen molar-refractivity contribution < 1.29 is 14.6 Å². The quantitative estimate of drug-likeness (QED) is 0.613. The summed E-state index contributed by atoms with van der Waals surface area (Å²) >= 11 is 0. The van der Waals surface area contributed by atoms with Gasteiger partial charge >= 0.3 is 5.97 Å². The van der Waals surface area contributed by atoms with Crippen LogP contribution < -0.4 is 5.32 Å². The van der Waals surface area contributed by atoms with Gasteiger partial charge in [0.2, 0.25) is 0 Å². The predicted octanol–water partition coefficient (Wildman–Crippen LogP) is -0.906. The Morgan fingerprint density at radius 3 is 3.06 bits per heavy atom. The normalized spacial score (nSPS) is 12.4. The monoisotopic (exact) mass is 228 g/mol. The Balaban J connectivity index is 2.79. The molecule has 7 nitrogen and oxygen atoms in total. The number of rotatable bonds is 6. The molecule has 0 aliphatic rings. The highest BCUT2D eigenvalue weighted by molar-refractivity contribution is 5.76. The molecule has 1 atom stereocenters. The Labute approximate surface area is 93.4 Å². The number of aromatic nitrogens is 3. The zero-order chi connectivity index (χ0) is 12.0. The SMILES string of the molecule is CCNC(C(=O)OC)c1cn(CCO)nn1. The summed E-state index contributed by atoms with van der Waals surface area (Å²) in [4.78, 5) is 11.5. The van der Waals surface area contributed by atoms with Crippen LogP contribution in [0.3, 0.4) is 0 Å². The minimum atomic E-state index is -0.609. The van der Waals surface area contributed by atoms with Gasteiger partial charge in [0.1, 0.15) is 5.69 Å². The lowest BCUT2D eigenvalue weighted by Gasteiger charge is -2.11. The first-order valence-electron chi connectivity index (χ1n) is 5.05. The smallest absolute Gasteiger partial charge is 0.329 e. The molecule has 1 rings (SSSR count). The van der Waals surface area contributed by atoms with E-state index in [2.05, 4.69) is 20.4 Å². The van der Waals surface area contributed by atoms with E-state index in [4.69, 9.17) is 5.11 Å². The summed E-state index contributed by atoms with van der Waals surface area (Å²) in [6, 6.07) is -0.609. The third-order valence-corrected chi connectivity index (χ3v) is 2.03. The van der Waals surface area contributed by atoms with Gasteiger partial charge in [-0.1, -0.05) is 12.1 Å². The van der Waals surface area contributed by atoms with Crippen molar-refractivity contribution >= 4 is 5.97 Å². The molecule has 2 N–H and O–H groups in total. The molecule has 0 fully saturated rings. The molecule has 1 heterocycles. The summed E-state index contributed by atoms with van der Waals surface area (Å²) in [7, 11) is 1.32. The Kier molecular flexibility index (Phi) is 4.87. The highest BCUT2D eigenvalue weighted by atomic mass is 16.5. The van der Waals surface area contributed by atoms with Gasteiger partial charge in [0.05, 0.1) is 26.5 Å². The van der Waals surface area contributed by atoms with E-state index in [0.29, 0.717) is 18.8 Å². The number of aliphatic hydroxyl groups excluding tert-OH is 1. The number of aliphatic hydroxyl groups is 1. The first-order chi connectivity index (χ1) is 7.72. The van der Waals surface area contributed by atoms with Crippen molar-refractivity contribution in [3.63, 3.8) is 0 Å². The summed E-state index contributed by atoms with van der Waals surface area (Å²) in [6.07, 6.45) is 1.61. The average Bonchev–Trinajstić information content (AvgIpc) is 2.74. The molecule has 0 amide bonds. The second kappa shape index (κ2) is 6.19. The molecule has 0 aromatic carbocycles. The van der Waals surface area contributed by atoms with Crippen molar-refractivity contribution in [3.05, 3.63) is 11.9 Å². The Morgan fingerprint density at radius 2 is 2.50 bits per heavy atom. The minimum absolute atomic E-state index is 0.0209. The number of esters is 1. The van der Waals surface area contributed by atoms with Crippen molar-refractivity contribution in [3.8, 4) is 0 Å². The molecule has 1 unspecified atom stereocenters. The molecular weight excluding hydrogens is 212 g/mol. The van der Waals surface area contributed by atoms with Crippen LogP contribution in [0.15, 0.2) is 6.20 Å². The van der Waals surface area contributed by atoms with Crippen LogP contribution in [-0.4, -0.2) is 46.3 Å². The molecule has 0 aliphatic heterocycles. The van der Waals surface area contributed by atoms with Gasteiger partial charge in [0.15, 0.2) is 6.04 Å². The number of carbonyl (C=O) groups excluding carboxylic acids is 1. The van der Waals surface area contributed by atoms with Gasteiger partial charge < -0.3 is 9.84 Å². The van der Waals surface area contributed by atoms with Gasteiger partial charge in [-0.2, -0.15) is 0 Å². The molecule has 0 saturated carbocycles. The fraction of sp³-hybridized carbons (Fsp3) is 0.667. The molecule has 0 aliphatic carbocycles. The summed E-state index contributed by atoms with van der Waals surface area (Å²) in [5.41, 5.74) is 0.488. The van der Waals surface area contributed by atoms with E-state index in [-0.39, 0.29) is 6.61 Å². The number of hydrogen-bond acceptors (Lipinski definition) is 6. The number of ether oxygens (including phenoxy) is 1. The third-order valence-electron chi connectivity index (χ3n) is 2.03. The molecule has 90 valence electrons. The number of likely N-dealkylation sites (N-methyl/N-ethyl adjacent to an activating group) is 1. The molecule has 0 radical (unpaired) electrons. The van der Waals surface area contributed by atoms with E-state index in [1.54, 1.807) is 6.20 Å². The zero-order valence-corrected chi connectivity index (χ0v) is 9.38. The van der Waals surface area contributed by atoms with Crippen LogP contribution >= 0.6 is 0 Å². The zero-order valence-electron chi connectivity index (χ0n) is 9.38. The van der Waals surface area contributed by atoms with Gasteiger partial charge in [-0.25, -0.2) is 9.48 Å². The lowest BCUT2D eigenvalue weighted by atomic mass is 10.2. The highest BCUT2D eigenvalue weighted by Gasteiger charge is 2.23. The maximum atomic E-state index is 11.5. The topological polar surface area (TPSA) is 89.3 Å². The van der Waals surface area contributed by atoms with Gasteiger partial charge in [0, 0.05) is 0 Å². The van der Waals surface area contributed by atoms with E-state index < -0.39 is 12.0 Å². The van der Waals surface area contributed by atoms with Crippen LogP contribution in [0.4, 0.5) is 0 Å². The molecule has 0 spiro atoms. The van der Waals surface area contributed by atoms with E-state index >= 15 is 0 Å². The fourth-order valence-corrected chi connectivity index (χ4v) is 1.29. The summed E-state index contributed by atoms with van der Waals surface area (Å²) in [5, 5.41) is 19.3. The maximum absolute atomic E-state index is 11.5. The number of hydrogen-bond donors (Lipinski definition) is 2. The number of carbonyl (C=O) groups is 1. The summed E-state index contributed by atoms with van der Waals surface area (Å²) in [5.74, 6) is -0.405. The van der Waals surface area contributed by atoms with Crippen LogP contribution in [0.5, 0.6) is 0 Å². The van der Waals surface area contributed by atoms with E-state index in [1.807, 2.05) is 6.92 Å². The van der Waals surface area contributed by atoms with Crippen LogP contribution in [0.2, 0.25) is 0 Å². The molecule has 0 saturated heterocycles. The van der Waals surface area contributed by atoms with Crippen molar-refractivity contribution in [2.75, 3.05) is 20.3 Å². The number of nitrogens with zero attached hydrogens (tertiary/aromatic N) is 3. The Bertz CT molecular complexity index is 339. The van der Waals surface area contributed by atoms with Gasteiger partial charge in [0.25, 0.3) is 0 Å². The molecule has 16 heavy (non-hydrogen) atoms. The van der Waals surface area contributed by atoms with Gasteiger partial charge in [-0.3, -0.25) is 5.32 Å². The molecule has 0 bridgehead atoms. The maximum Gasteiger partial charge on any atom is 0.329 e.